The summed E-state index contributed by atoms with van der Waals surface area (Å²) < 4.78 is 0. The predicted octanol–water partition coefficient (Wildman–Crippen LogP) is 6.48. The molecule has 0 aliphatic carbocycles. The standard InChI is InChI=1S/C17H21Cl2NS/c1-4-8-20-15(5-2)17-7-6-16(21-17)12-10-13(18)11(3)9-14(12)19/h6-7,9-10,15,20H,4-5,8H2,1-3H3. The van der Waals surface area contributed by atoms with Gasteiger partial charge in [0.15, 0.2) is 0 Å². The molecule has 21 heavy (non-hydrogen) atoms. The minimum atomic E-state index is 0.420. The van der Waals surface area contributed by atoms with Crippen molar-refractivity contribution in [1.29, 1.82) is 0 Å². The third-order valence-electron chi connectivity index (χ3n) is 3.53. The molecule has 1 aromatic carbocycles. The molecule has 4 heteroatoms. The van der Waals surface area contributed by atoms with Crippen molar-refractivity contribution in [2.75, 3.05) is 6.54 Å². The van der Waals surface area contributed by atoms with Crippen molar-refractivity contribution in [3.8, 4) is 10.4 Å². The lowest BCUT2D eigenvalue weighted by molar-refractivity contribution is 0.525. The van der Waals surface area contributed by atoms with Gasteiger partial charge in [-0.2, -0.15) is 0 Å². The smallest absolute Gasteiger partial charge is 0.0496 e. The average molecular weight is 342 g/mol. The maximum absolute atomic E-state index is 6.37. The Morgan fingerprint density at radius 2 is 1.90 bits per heavy atom. The van der Waals surface area contributed by atoms with Crippen molar-refractivity contribution < 1.29 is 0 Å². The molecule has 1 aromatic heterocycles. The molecule has 1 nitrogen and oxygen atoms in total. The van der Waals surface area contributed by atoms with Crippen LogP contribution in [0.1, 0.15) is 43.2 Å². The van der Waals surface area contributed by atoms with Gasteiger partial charge < -0.3 is 5.32 Å². The average Bonchev–Trinajstić information content (AvgIpc) is 2.93. The summed E-state index contributed by atoms with van der Waals surface area (Å²) >= 11 is 14.4. The number of benzene rings is 1. The summed E-state index contributed by atoms with van der Waals surface area (Å²) in [4.78, 5) is 2.53. The summed E-state index contributed by atoms with van der Waals surface area (Å²) in [5.41, 5.74) is 2.03. The van der Waals surface area contributed by atoms with E-state index in [1.165, 1.54) is 9.75 Å². The van der Waals surface area contributed by atoms with E-state index in [1.54, 1.807) is 11.3 Å². The molecule has 0 radical (unpaired) electrons. The lowest BCUT2D eigenvalue weighted by atomic mass is 10.1. The Morgan fingerprint density at radius 1 is 1.14 bits per heavy atom. The minimum absolute atomic E-state index is 0.420. The Bertz CT molecular complexity index is 607. The zero-order valence-electron chi connectivity index (χ0n) is 12.7. The summed E-state index contributed by atoms with van der Waals surface area (Å²) in [6, 6.07) is 8.66. The highest BCUT2D eigenvalue weighted by Crippen LogP contribution is 2.38. The first-order chi connectivity index (χ1) is 10.1. The van der Waals surface area contributed by atoms with Gasteiger partial charge in [0.05, 0.1) is 0 Å². The van der Waals surface area contributed by atoms with Gasteiger partial charge in [-0.25, -0.2) is 0 Å². The summed E-state index contributed by atoms with van der Waals surface area (Å²) in [6.45, 7) is 7.42. The lowest BCUT2D eigenvalue weighted by Crippen LogP contribution is -2.20. The van der Waals surface area contributed by atoms with Crippen molar-refractivity contribution in [2.45, 2.75) is 39.7 Å². The second-order valence-electron chi connectivity index (χ2n) is 5.20. The SMILES string of the molecule is CCCNC(CC)c1ccc(-c2cc(Cl)c(C)cc2Cl)s1. The van der Waals surface area contributed by atoms with Crippen LogP contribution < -0.4 is 5.32 Å². The molecule has 0 saturated carbocycles. The fourth-order valence-corrected chi connectivity index (χ4v) is 4.02. The summed E-state index contributed by atoms with van der Waals surface area (Å²) in [7, 11) is 0. The molecule has 0 fully saturated rings. The van der Waals surface area contributed by atoms with Gasteiger partial charge in [0.1, 0.15) is 0 Å². The zero-order valence-corrected chi connectivity index (χ0v) is 15.0. The summed E-state index contributed by atoms with van der Waals surface area (Å²) in [5, 5.41) is 5.11. The van der Waals surface area contributed by atoms with E-state index in [1.807, 2.05) is 19.1 Å². The van der Waals surface area contributed by atoms with Gasteiger partial charge >= 0.3 is 0 Å². The molecule has 1 heterocycles. The molecule has 1 N–H and O–H groups in total. The number of hydrogen-bond acceptors (Lipinski definition) is 2. The van der Waals surface area contributed by atoms with Gasteiger partial charge in [-0.15, -0.1) is 11.3 Å². The number of nitrogens with one attached hydrogen (secondary N) is 1. The minimum Gasteiger partial charge on any atom is -0.309 e. The third-order valence-corrected chi connectivity index (χ3v) is 5.49. The van der Waals surface area contributed by atoms with Crippen LogP contribution in [-0.2, 0) is 0 Å². The van der Waals surface area contributed by atoms with E-state index in [0.717, 1.165) is 40.6 Å². The van der Waals surface area contributed by atoms with Gasteiger partial charge in [-0.05, 0) is 56.1 Å². The summed E-state index contributed by atoms with van der Waals surface area (Å²) in [6.07, 6.45) is 2.23. The number of aryl methyl sites for hydroxylation is 1. The molecule has 0 aliphatic heterocycles. The van der Waals surface area contributed by atoms with Crippen molar-refractivity contribution in [3.63, 3.8) is 0 Å². The molecule has 0 spiro atoms. The normalized spacial score (nSPS) is 12.6. The van der Waals surface area contributed by atoms with Crippen LogP contribution in [0.2, 0.25) is 10.0 Å². The van der Waals surface area contributed by atoms with Crippen LogP contribution in [0.15, 0.2) is 24.3 Å². The molecule has 0 bridgehead atoms. The van der Waals surface area contributed by atoms with Crippen molar-refractivity contribution >= 4 is 34.5 Å². The summed E-state index contributed by atoms with van der Waals surface area (Å²) in [5.74, 6) is 0. The van der Waals surface area contributed by atoms with Crippen LogP contribution in [-0.4, -0.2) is 6.54 Å². The van der Waals surface area contributed by atoms with Crippen LogP contribution in [0.3, 0.4) is 0 Å². The Balaban J connectivity index is 2.29. The second-order valence-corrected chi connectivity index (χ2v) is 7.13. The largest absolute Gasteiger partial charge is 0.309 e. The quantitative estimate of drug-likeness (QED) is 0.633. The number of thiophene rings is 1. The number of hydrogen-bond donors (Lipinski definition) is 1. The molecule has 0 saturated heterocycles. The molecule has 2 aromatic rings. The highest BCUT2D eigenvalue weighted by Gasteiger charge is 2.14. The number of halogens is 2. The molecule has 1 atom stereocenters. The number of rotatable bonds is 6. The molecular formula is C17H21Cl2NS. The molecule has 114 valence electrons. The van der Waals surface area contributed by atoms with Crippen LogP contribution in [0.4, 0.5) is 0 Å². The van der Waals surface area contributed by atoms with E-state index < -0.39 is 0 Å². The maximum atomic E-state index is 6.37. The Kier molecular flexibility index (Phi) is 6.12. The molecular weight excluding hydrogens is 321 g/mol. The highest BCUT2D eigenvalue weighted by molar-refractivity contribution is 7.15. The van der Waals surface area contributed by atoms with Crippen molar-refractivity contribution in [3.05, 3.63) is 44.8 Å². The van der Waals surface area contributed by atoms with Gasteiger partial charge in [0, 0.05) is 31.4 Å². The Morgan fingerprint density at radius 3 is 2.57 bits per heavy atom. The third kappa shape index (κ3) is 4.01. The topological polar surface area (TPSA) is 12.0 Å². The lowest BCUT2D eigenvalue weighted by Gasteiger charge is -2.14. The fraction of sp³-hybridized carbons (Fsp3) is 0.412. The van der Waals surface area contributed by atoms with Crippen molar-refractivity contribution in [2.24, 2.45) is 0 Å². The highest BCUT2D eigenvalue weighted by atomic mass is 35.5. The van der Waals surface area contributed by atoms with Gasteiger partial charge in [0.2, 0.25) is 0 Å². The van der Waals surface area contributed by atoms with Gasteiger partial charge in [-0.1, -0.05) is 37.0 Å². The first-order valence-corrected chi connectivity index (χ1v) is 8.93. The van der Waals surface area contributed by atoms with E-state index in [0.29, 0.717) is 6.04 Å². The zero-order chi connectivity index (χ0) is 15.4. The van der Waals surface area contributed by atoms with Crippen LogP contribution in [0.5, 0.6) is 0 Å². The van der Waals surface area contributed by atoms with Crippen LogP contribution in [0.25, 0.3) is 10.4 Å². The second kappa shape index (κ2) is 7.64. The van der Waals surface area contributed by atoms with E-state index in [4.69, 9.17) is 23.2 Å². The van der Waals surface area contributed by atoms with Crippen molar-refractivity contribution in [1.82, 2.24) is 5.32 Å². The van der Waals surface area contributed by atoms with E-state index >= 15 is 0 Å². The molecule has 0 aliphatic rings. The predicted molar refractivity (Wildman–Crippen MR) is 95.8 cm³/mol. The van der Waals surface area contributed by atoms with E-state index in [9.17, 15) is 0 Å². The Hall–Kier alpha value is -0.540. The fourth-order valence-electron chi connectivity index (χ4n) is 2.28. The molecule has 0 amide bonds. The monoisotopic (exact) mass is 341 g/mol. The molecule has 2 rings (SSSR count). The van der Waals surface area contributed by atoms with Crippen LogP contribution >= 0.6 is 34.5 Å². The first kappa shape index (κ1) is 16.8. The van der Waals surface area contributed by atoms with E-state index in [2.05, 4.69) is 31.3 Å². The van der Waals surface area contributed by atoms with Gasteiger partial charge in [-0.3, -0.25) is 0 Å². The van der Waals surface area contributed by atoms with Crippen LogP contribution in [0, 0.1) is 6.92 Å². The Labute approximate surface area is 141 Å². The maximum Gasteiger partial charge on any atom is 0.0496 e. The molecule has 1 unspecified atom stereocenters. The van der Waals surface area contributed by atoms with Gasteiger partial charge in [0.25, 0.3) is 0 Å². The first-order valence-electron chi connectivity index (χ1n) is 7.35. The van der Waals surface area contributed by atoms with E-state index in [-0.39, 0.29) is 0 Å².